The van der Waals surface area contributed by atoms with Gasteiger partial charge in [0.2, 0.25) is 0 Å². The second-order valence-corrected chi connectivity index (χ2v) is 6.70. The van der Waals surface area contributed by atoms with Gasteiger partial charge >= 0.3 is 0 Å². The predicted molar refractivity (Wildman–Crippen MR) is 105 cm³/mol. The summed E-state index contributed by atoms with van der Waals surface area (Å²) in [4.78, 5) is 9.13. The fourth-order valence-corrected chi connectivity index (χ4v) is 3.01. The molecule has 0 aliphatic carbocycles. The molecule has 0 saturated carbocycles. The molecule has 0 aliphatic heterocycles. The van der Waals surface area contributed by atoms with Crippen LogP contribution in [0.3, 0.4) is 0 Å². The molecule has 25 heavy (non-hydrogen) atoms. The van der Waals surface area contributed by atoms with Gasteiger partial charge in [0.15, 0.2) is 0 Å². The number of rotatable bonds is 12. The molecular weight excluding hydrogens is 308 g/mol. The van der Waals surface area contributed by atoms with Crippen molar-refractivity contribution in [3.63, 3.8) is 0 Å². The molecule has 0 N–H and O–H groups in total. The van der Waals surface area contributed by atoms with Crippen LogP contribution in [-0.2, 0) is 6.42 Å². The third-order valence-corrected chi connectivity index (χ3v) is 4.63. The molecule has 0 saturated heterocycles. The maximum atomic E-state index is 5.18. The van der Waals surface area contributed by atoms with Gasteiger partial charge in [0, 0.05) is 11.8 Å². The number of methoxy groups -OCH3 is 1. The Labute approximate surface area is 152 Å². The minimum atomic E-state index is 0.860. The molecule has 136 valence electrons. The van der Waals surface area contributed by atoms with Crippen LogP contribution in [0.25, 0.3) is 11.3 Å². The quantitative estimate of drug-likeness (QED) is 0.430. The summed E-state index contributed by atoms with van der Waals surface area (Å²) in [6.45, 7) is 2.27. The topological polar surface area (TPSA) is 35.0 Å². The third kappa shape index (κ3) is 7.25. The molecule has 1 aromatic heterocycles. The lowest BCUT2D eigenvalue weighted by atomic mass is 10.1. The first-order valence-corrected chi connectivity index (χ1v) is 9.79. The lowest BCUT2D eigenvalue weighted by Gasteiger charge is -2.05. The van der Waals surface area contributed by atoms with E-state index in [4.69, 9.17) is 4.74 Å². The first-order chi connectivity index (χ1) is 12.3. The Morgan fingerprint density at radius 2 is 1.40 bits per heavy atom. The number of hydrogen-bond acceptors (Lipinski definition) is 3. The van der Waals surface area contributed by atoms with Gasteiger partial charge in [0.05, 0.1) is 24.7 Å². The van der Waals surface area contributed by atoms with E-state index in [1.165, 1.54) is 57.8 Å². The highest BCUT2D eigenvalue weighted by molar-refractivity contribution is 5.58. The van der Waals surface area contributed by atoms with Crippen LogP contribution >= 0.6 is 0 Å². The average molecular weight is 341 g/mol. The van der Waals surface area contributed by atoms with Gasteiger partial charge in [-0.3, -0.25) is 9.97 Å². The number of aromatic nitrogens is 2. The first-order valence-electron chi connectivity index (χ1n) is 9.79. The molecule has 0 radical (unpaired) electrons. The summed E-state index contributed by atoms with van der Waals surface area (Å²) in [5.41, 5.74) is 3.08. The van der Waals surface area contributed by atoms with Crippen molar-refractivity contribution < 1.29 is 4.74 Å². The molecule has 0 fully saturated rings. The zero-order chi connectivity index (χ0) is 17.7. The SMILES string of the molecule is CCCCCCCCCCCc1cnc(-c2ccc(OC)cc2)cn1. The Bertz CT molecular complexity index is 578. The van der Waals surface area contributed by atoms with Gasteiger partial charge in [-0.2, -0.15) is 0 Å². The summed E-state index contributed by atoms with van der Waals surface area (Å²) in [5.74, 6) is 0.860. The number of aryl methyl sites for hydroxylation is 1. The summed E-state index contributed by atoms with van der Waals surface area (Å²) < 4.78 is 5.18. The van der Waals surface area contributed by atoms with E-state index in [1.54, 1.807) is 7.11 Å². The largest absolute Gasteiger partial charge is 0.497 e. The van der Waals surface area contributed by atoms with Crippen molar-refractivity contribution in [3.8, 4) is 17.0 Å². The van der Waals surface area contributed by atoms with E-state index >= 15 is 0 Å². The molecule has 0 spiro atoms. The summed E-state index contributed by atoms with van der Waals surface area (Å²) in [6, 6.07) is 7.94. The summed E-state index contributed by atoms with van der Waals surface area (Å²) in [6.07, 6.45) is 17.0. The molecule has 3 nitrogen and oxygen atoms in total. The highest BCUT2D eigenvalue weighted by Gasteiger charge is 2.02. The molecule has 0 atom stereocenters. The number of nitrogens with zero attached hydrogens (tertiary/aromatic N) is 2. The van der Waals surface area contributed by atoms with Crippen LogP contribution in [0, 0.1) is 0 Å². The minimum Gasteiger partial charge on any atom is -0.497 e. The fourth-order valence-electron chi connectivity index (χ4n) is 3.01. The lowest BCUT2D eigenvalue weighted by Crippen LogP contribution is -1.94. The Morgan fingerprint density at radius 3 is 1.96 bits per heavy atom. The number of benzene rings is 1. The lowest BCUT2D eigenvalue weighted by molar-refractivity contribution is 0.415. The monoisotopic (exact) mass is 340 g/mol. The van der Waals surface area contributed by atoms with E-state index in [0.29, 0.717) is 0 Å². The van der Waals surface area contributed by atoms with Crippen molar-refractivity contribution in [2.24, 2.45) is 0 Å². The molecular formula is C22H32N2O. The zero-order valence-electron chi connectivity index (χ0n) is 15.8. The Hall–Kier alpha value is -1.90. The Kier molecular flexibility index (Phi) is 9.03. The molecule has 2 rings (SSSR count). The maximum absolute atomic E-state index is 5.18. The molecule has 0 unspecified atom stereocenters. The molecule has 2 aromatic rings. The van der Waals surface area contributed by atoms with Crippen LogP contribution in [0.1, 0.15) is 70.4 Å². The summed E-state index contributed by atoms with van der Waals surface area (Å²) in [5, 5.41) is 0. The molecule has 0 aliphatic rings. The van der Waals surface area contributed by atoms with E-state index in [2.05, 4.69) is 16.9 Å². The standard InChI is InChI=1S/C22H32N2O/c1-3-4-5-6-7-8-9-10-11-12-20-17-24-22(18-23-20)19-13-15-21(25-2)16-14-19/h13-18H,3-12H2,1-2H3. The van der Waals surface area contributed by atoms with Gasteiger partial charge in [0.25, 0.3) is 0 Å². The second kappa shape index (κ2) is 11.6. The highest BCUT2D eigenvalue weighted by Crippen LogP contribution is 2.20. The van der Waals surface area contributed by atoms with Gasteiger partial charge in [-0.05, 0) is 37.1 Å². The summed E-state index contributed by atoms with van der Waals surface area (Å²) >= 11 is 0. The van der Waals surface area contributed by atoms with Crippen molar-refractivity contribution in [1.29, 1.82) is 0 Å². The second-order valence-electron chi connectivity index (χ2n) is 6.70. The molecule has 1 heterocycles. The van der Waals surface area contributed by atoms with E-state index in [-0.39, 0.29) is 0 Å². The zero-order valence-corrected chi connectivity index (χ0v) is 15.8. The van der Waals surface area contributed by atoms with Crippen LogP contribution in [0.15, 0.2) is 36.7 Å². The highest BCUT2D eigenvalue weighted by atomic mass is 16.5. The average Bonchev–Trinajstić information content (AvgIpc) is 2.67. The predicted octanol–water partition coefficient (Wildman–Crippen LogP) is 6.23. The molecule has 0 bridgehead atoms. The number of unbranched alkanes of at least 4 members (excludes halogenated alkanes) is 8. The fraction of sp³-hybridized carbons (Fsp3) is 0.545. The van der Waals surface area contributed by atoms with E-state index in [1.807, 2.05) is 36.7 Å². The smallest absolute Gasteiger partial charge is 0.118 e. The number of hydrogen-bond donors (Lipinski definition) is 0. The normalized spacial score (nSPS) is 10.8. The summed E-state index contributed by atoms with van der Waals surface area (Å²) in [7, 11) is 1.68. The third-order valence-electron chi connectivity index (χ3n) is 4.63. The first kappa shape index (κ1) is 19.4. The molecule has 0 amide bonds. The van der Waals surface area contributed by atoms with Crippen LogP contribution in [0.2, 0.25) is 0 Å². The minimum absolute atomic E-state index is 0.860. The van der Waals surface area contributed by atoms with Crippen LogP contribution in [-0.4, -0.2) is 17.1 Å². The Morgan fingerprint density at radius 1 is 0.760 bits per heavy atom. The van der Waals surface area contributed by atoms with Crippen LogP contribution in [0.5, 0.6) is 5.75 Å². The van der Waals surface area contributed by atoms with Crippen molar-refractivity contribution in [1.82, 2.24) is 9.97 Å². The van der Waals surface area contributed by atoms with Crippen molar-refractivity contribution in [2.75, 3.05) is 7.11 Å². The van der Waals surface area contributed by atoms with E-state index in [0.717, 1.165) is 29.1 Å². The van der Waals surface area contributed by atoms with Crippen LogP contribution < -0.4 is 4.74 Å². The van der Waals surface area contributed by atoms with E-state index < -0.39 is 0 Å². The molecule has 3 heteroatoms. The number of ether oxygens (including phenoxy) is 1. The Balaban J connectivity index is 1.65. The van der Waals surface area contributed by atoms with Gasteiger partial charge in [-0.1, -0.05) is 58.3 Å². The van der Waals surface area contributed by atoms with Crippen LogP contribution in [0.4, 0.5) is 0 Å². The van der Waals surface area contributed by atoms with Crippen molar-refractivity contribution in [2.45, 2.75) is 71.1 Å². The van der Waals surface area contributed by atoms with E-state index in [9.17, 15) is 0 Å². The molecule has 1 aromatic carbocycles. The van der Waals surface area contributed by atoms with Gasteiger partial charge < -0.3 is 4.74 Å². The van der Waals surface area contributed by atoms with Gasteiger partial charge in [0.1, 0.15) is 5.75 Å². The van der Waals surface area contributed by atoms with Crippen molar-refractivity contribution >= 4 is 0 Å². The maximum Gasteiger partial charge on any atom is 0.118 e. The van der Waals surface area contributed by atoms with Gasteiger partial charge in [-0.15, -0.1) is 0 Å². The van der Waals surface area contributed by atoms with Gasteiger partial charge in [-0.25, -0.2) is 0 Å². The van der Waals surface area contributed by atoms with Crippen molar-refractivity contribution in [3.05, 3.63) is 42.4 Å².